The Bertz CT molecular complexity index is 1230. The smallest absolute Gasteiger partial charge is 0.348 e. The molecule has 2 aromatic carbocycles. The van der Waals surface area contributed by atoms with Crippen molar-refractivity contribution in [3.05, 3.63) is 70.0 Å². The Hall–Kier alpha value is -3.61. The first-order chi connectivity index (χ1) is 14.1. The van der Waals surface area contributed by atoms with Gasteiger partial charge in [0.05, 0.1) is 24.9 Å². The number of nitrogens with zero attached hydrogens (tertiary/aromatic N) is 2. The Morgan fingerprint density at radius 3 is 2.79 bits per heavy atom. The Morgan fingerprint density at radius 2 is 1.97 bits per heavy atom. The van der Waals surface area contributed by atoms with E-state index in [1.165, 1.54) is 12.0 Å². The van der Waals surface area contributed by atoms with Gasteiger partial charge in [0.25, 0.3) is 5.91 Å². The number of methoxy groups -OCH3 is 1. The van der Waals surface area contributed by atoms with Gasteiger partial charge in [0.15, 0.2) is 0 Å². The molecule has 1 amide bonds. The number of amides is 1. The van der Waals surface area contributed by atoms with Gasteiger partial charge in [0.2, 0.25) is 11.5 Å². The topological polar surface area (TPSA) is 77.8 Å². The number of hydrogen-bond acceptors (Lipinski definition) is 5. The van der Waals surface area contributed by atoms with Gasteiger partial charge < -0.3 is 18.9 Å². The van der Waals surface area contributed by atoms with E-state index in [0.717, 1.165) is 24.0 Å². The highest BCUT2D eigenvalue weighted by atomic mass is 16.6. The number of carbonyl (C=O) groups is 2. The number of carbonyl (C=O) groups excluding carboxylic acids is 2. The minimum absolute atomic E-state index is 0.0277. The number of pyridine rings is 1. The summed E-state index contributed by atoms with van der Waals surface area (Å²) in [4.78, 5) is 40.1. The number of ether oxygens (including phenoxy) is 2. The van der Waals surface area contributed by atoms with E-state index in [0.29, 0.717) is 16.8 Å². The van der Waals surface area contributed by atoms with Crippen molar-refractivity contribution in [3.63, 3.8) is 0 Å². The molecule has 1 atom stereocenters. The van der Waals surface area contributed by atoms with Crippen LogP contribution in [0.4, 0.5) is 5.69 Å². The molecule has 5 rings (SSSR count). The quantitative estimate of drug-likeness (QED) is 0.627. The van der Waals surface area contributed by atoms with Crippen LogP contribution in [0.5, 0.6) is 5.75 Å². The van der Waals surface area contributed by atoms with Gasteiger partial charge in [0, 0.05) is 18.1 Å². The molecule has 146 valence electrons. The number of esters is 1. The molecule has 0 N–H and O–H groups in total. The first-order valence-electron chi connectivity index (χ1n) is 9.39. The maximum Gasteiger partial charge on any atom is 0.348 e. The number of rotatable bonds is 2. The van der Waals surface area contributed by atoms with E-state index < -0.39 is 18.0 Å². The molecule has 1 unspecified atom stereocenters. The Kier molecular flexibility index (Phi) is 3.91. The van der Waals surface area contributed by atoms with Crippen molar-refractivity contribution < 1.29 is 19.1 Å². The van der Waals surface area contributed by atoms with Crippen LogP contribution in [0, 0.1) is 0 Å². The van der Waals surface area contributed by atoms with Crippen LogP contribution in [-0.4, -0.2) is 36.2 Å². The van der Waals surface area contributed by atoms with Crippen molar-refractivity contribution in [1.82, 2.24) is 4.57 Å². The number of benzene rings is 2. The molecule has 0 saturated carbocycles. The van der Waals surface area contributed by atoms with Gasteiger partial charge in [-0.2, -0.15) is 0 Å². The van der Waals surface area contributed by atoms with Crippen LogP contribution >= 0.6 is 0 Å². The molecule has 0 aliphatic carbocycles. The zero-order valence-electron chi connectivity index (χ0n) is 15.8. The Labute approximate surface area is 166 Å². The third-order valence-electron chi connectivity index (χ3n) is 5.52. The van der Waals surface area contributed by atoms with Crippen molar-refractivity contribution in [3.8, 4) is 5.75 Å². The van der Waals surface area contributed by atoms with Crippen molar-refractivity contribution in [2.45, 2.75) is 19.1 Å². The molecule has 0 bridgehead atoms. The maximum absolute atomic E-state index is 13.5. The van der Waals surface area contributed by atoms with Gasteiger partial charge in [-0.05, 0) is 30.2 Å². The SMILES string of the molecule is COC(=O)C1CN(C(=O)c2cn3c4c(cccc4c2=O)CC3)c2ccccc2O1. The van der Waals surface area contributed by atoms with Crippen LogP contribution < -0.4 is 15.1 Å². The van der Waals surface area contributed by atoms with Crippen molar-refractivity contribution >= 4 is 28.5 Å². The van der Waals surface area contributed by atoms with Crippen LogP contribution in [0.25, 0.3) is 10.9 Å². The van der Waals surface area contributed by atoms with E-state index in [9.17, 15) is 14.4 Å². The third-order valence-corrected chi connectivity index (χ3v) is 5.52. The largest absolute Gasteiger partial charge is 0.475 e. The van der Waals surface area contributed by atoms with Crippen molar-refractivity contribution in [2.24, 2.45) is 0 Å². The summed E-state index contributed by atoms with van der Waals surface area (Å²) in [5, 5.41) is 0.539. The fraction of sp³-hybridized carbons (Fsp3) is 0.227. The highest BCUT2D eigenvalue weighted by Crippen LogP contribution is 2.34. The second kappa shape index (κ2) is 6.48. The molecular formula is C22H18N2O5. The van der Waals surface area contributed by atoms with Crippen LogP contribution in [-0.2, 0) is 22.5 Å². The molecule has 7 heteroatoms. The molecule has 2 aliphatic rings. The van der Waals surface area contributed by atoms with E-state index >= 15 is 0 Å². The Balaban J connectivity index is 1.63. The molecule has 29 heavy (non-hydrogen) atoms. The van der Waals surface area contributed by atoms with Crippen LogP contribution in [0.3, 0.4) is 0 Å². The minimum Gasteiger partial charge on any atom is -0.475 e. The second-order valence-corrected chi connectivity index (χ2v) is 7.14. The normalized spacial score (nSPS) is 17.0. The lowest BCUT2D eigenvalue weighted by Gasteiger charge is -2.33. The summed E-state index contributed by atoms with van der Waals surface area (Å²) in [6, 6.07) is 12.6. The molecule has 3 aromatic rings. The summed E-state index contributed by atoms with van der Waals surface area (Å²) in [7, 11) is 1.27. The number of anilines is 1. The summed E-state index contributed by atoms with van der Waals surface area (Å²) in [5.41, 5.74) is 2.30. The predicted molar refractivity (Wildman–Crippen MR) is 106 cm³/mol. The van der Waals surface area contributed by atoms with E-state index in [2.05, 4.69) is 0 Å². The number of para-hydroxylation sites is 3. The number of aryl methyl sites for hydroxylation is 2. The predicted octanol–water partition coefficient (Wildman–Crippen LogP) is 2.14. The number of fused-ring (bicyclic) bond motifs is 1. The summed E-state index contributed by atoms with van der Waals surface area (Å²) in [6.45, 7) is 0.695. The van der Waals surface area contributed by atoms with Crippen LogP contribution in [0.15, 0.2) is 53.5 Å². The van der Waals surface area contributed by atoms with Gasteiger partial charge in [-0.15, -0.1) is 0 Å². The molecule has 0 saturated heterocycles. The average molecular weight is 390 g/mol. The van der Waals surface area contributed by atoms with E-state index in [1.807, 2.05) is 16.7 Å². The monoisotopic (exact) mass is 390 g/mol. The van der Waals surface area contributed by atoms with Gasteiger partial charge >= 0.3 is 5.97 Å². The van der Waals surface area contributed by atoms with E-state index in [1.54, 1.807) is 36.5 Å². The highest BCUT2D eigenvalue weighted by Gasteiger charge is 2.36. The van der Waals surface area contributed by atoms with Crippen molar-refractivity contribution in [2.75, 3.05) is 18.6 Å². The number of hydrogen-bond donors (Lipinski definition) is 0. The summed E-state index contributed by atoms with van der Waals surface area (Å²) in [5.74, 6) is -0.631. The minimum atomic E-state index is -0.955. The lowest BCUT2D eigenvalue weighted by Crippen LogP contribution is -2.48. The molecule has 3 heterocycles. The fourth-order valence-corrected chi connectivity index (χ4v) is 4.14. The van der Waals surface area contributed by atoms with E-state index in [-0.39, 0.29) is 17.5 Å². The molecule has 0 spiro atoms. The first-order valence-corrected chi connectivity index (χ1v) is 9.39. The van der Waals surface area contributed by atoms with Gasteiger partial charge in [-0.1, -0.05) is 24.3 Å². The molecule has 2 aliphatic heterocycles. The molecule has 0 fully saturated rings. The molecule has 1 aromatic heterocycles. The summed E-state index contributed by atoms with van der Waals surface area (Å²) < 4.78 is 12.5. The second-order valence-electron chi connectivity index (χ2n) is 7.14. The zero-order valence-corrected chi connectivity index (χ0v) is 15.8. The fourth-order valence-electron chi connectivity index (χ4n) is 4.14. The maximum atomic E-state index is 13.5. The van der Waals surface area contributed by atoms with E-state index in [4.69, 9.17) is 9.47 Å². The lowest BCUT2D eigenvalue weighted by atomic mass is 10.1. The van der Waals surface area contributed by atoms with Gasteiger partial charge in [-0.3, -0.25) is 9.59 Å². The average Bonchev–Trinajstić information content (AvgIpc) is 3.18. The summed E-state index contributed by atoms with van der Waals surface area (Å²) in [6.07, 6.45) is 1.51. The third kappa shape index (κ3) is 2.61. The van der Waals surface area contributed by atoms with Crippen LogP contribution in [0.2, 0.25) is 0 Å². The Morgan fingerprint density at radius 1 is 1.14 bits per heavy atom. The van der Waals surface area contributed by atoms with Gasteiger partial charge in [-0.25, -0.2) is 4.79 Å². The first kappa shape index (κ1) is 17.5. The van der Waals surface area contributed by atoms with Crippen molar-refractivity contribution in [1.29, 1.82) is 0 Å². The van der Waals surface area contributed by atoms with Gasteiger partial charge in [0.1, 0.15) is 11.3 Å². The standard InChI is InChI=1S/C22H18N2O5/c1-28-22(27)18-12-24(16-7-2-3-8-17(16)29-18)21(26)15-11-23-10-9-13-5-4-6-14(19(13)23)20(15)25/h2-8,11,18H,9-10,12H2,1H3. The molecule has 7 nitrogen and oxygen atoms in total. The lowest BCUT2D eigenvalue weighted by molar-refractivity contribution is -0.148. The molecule has 0 radical (unpaired) electrons. The highest BCUT2D eigenvalue weighted by molar-refractivity contribution is 6.09. The van der Waals surface area contributed by atoms with Crippen LogP contribution in [0.1, 0.15) is 15.9 Å². The number of aromatic nitrogens is 1. The zero-order chi connectivity index (χ0) is 20.1. The molecular weight excluding hydrogens is 372 g/mol. The summed E-state index contributed by atoms with van der Waals surface area (Å²) >= 11 is 0.